The lowest BCUT2D eigenvalue weighted by atomic mass is 9.88. The van der Waals surface area contributed by atoms with Gasteiger partial charge in [0.1, 0.15) is 11.6 Å². The molecule has 1 aliphatic heterocycles. The number of aliphatic carboxylic acids is 1. The molecule has 2 aromatic carbocycles. The Morgan fingerprint density at radius 2 is 1.62 bits per heavy atom. The Morgan fingerprint density at radius 3 is 2.26 bits per heavy atom. The Balaban J connectivity index is 1.69. The first-order chi connectivity index (χ1) is 18.6. The molecule has 10 heteroatoms. The number of amides is 3. The molecule has 0 aromatic heterocycles. The third-order valence-electron chi connectivity index (χ3n) is 7.37. The zero-order valence-corrected chi connectivity index (χ0v) is 21.9. The first-order valence-corrected chi connectivity index (χ1v) is 13.3. The summed E-state index contributed by atoms with van der Waals surface area (Å²) in [6, 6.07) is 8.56. The number of carboxylic acids is 1. The van der Waals surface area contributed by atoms with Crippen LogP contribution in [0.5, 0.6) is 0 Å². The van der Waals surface area contributed by atoms with Crippen molar-refractivity contribution >= 4 is 23.7 Å². The fourth-order valence-electron chi connectivity index (χ4n) is 5.54. The highest BCUT2D eigenvalue weighted by Crippen LogP contribution is 2.29. The number of carbonyl (C=O) groups is 4. The predicted octanol–water partition coefficient (Wildman–Crippen LogP) is 4.19. The first kappa shape index (κ1) is 28.2. The molecule has 2 aromatic rings. The van der Waals surface area contributed by atoms with E-state index in [0.29, 0.717) is 30.9 Å². The van der Waals surface area contributed by atoms with Gasteiger partial charge >= 0.3 is 5.97 Å². The quantitative estimate of drug-likeness (QED) is 0.547. The first-order valence-electron chi connectivity index (χ1n) is 13.3. The molecule has 2 aliphatic rings. The van der Waals surface area contributed by atoms with Crippen LogP contribution < -0.4 is 5.32 Å². The largest absolute Gasteiger partial charge is 0.481 e. The van der Waals surface area contributed by atoms with E-state index >= 15 is 0 Å². The number of carboxylic acid groups (broad SMARTS) is 1. The molecule has 3 amide bonds. The van der Waals surface area contributed by atoms with Crippen molar-refractivity contribution < 1.29 is 33.1 Å². The van der Waals surface area contributed by atoms with Crippen molar-refractivity contribution in [1.29, 1.82) is 0 Å². The van der Waals surface area contributed by atoms with Gasteiger partial charge in [-0.05, 0) is 43.9 Å². The normalized spacial score (nSPS) is 18.9. The van der Waals surface area contributed by atoms with Gasteiger partial charge in [-0.1, -0.05) is 49.1 Å². The maximum atomic E-state index is 14.0. The molecule has 8 nitrogen and oxygen atoms in total. The van der Waals surface area contributed by atoms with E-state index in [-0.39, 0.29) is 30.5 Å². The summed E-state index contributed by atoms with van der Waals surface area (Å²) < 4.78 is 27.9. The van der Waals surface area contributed by atoms with Crippen LogP contribution in [0.2, 0.25) is 0 Å². The van der Waals surface area contributed by atoms with Crippen LogP contribution in [-0.4, -0.2) is 57.9 Å². The lowest BCUT2D eigenvalue weighted by Gasteiger charge is -2.44. The second-order valence-electron chi connectivity index (χ2n) is 10.3. The van der Waals surface area contributed by atoms with Crippen molar-refractivity contribution in [2.75, 3.05) is 13.1 Å². The minimum atomic E-state index is -1.40. The summed E-state index contributed by atoms with van der Waals surface area (Å²) in [6.45, 7) is 2.15. The average molecular weight is 542 g/mol. The van der Waals surface area contributed by atoms with Crippen LogP contribution in [0.25, 0.3) is 0 Å². The summed E-state index contributed by atoms with van der Waals surface area (Å²) in [5, 5.41) is 12.3. The van der Waals surface area contributed by atoms with E-state index in [1.807, 2.05) is 13.0 Å². The summed E-state index contributed by atoms with van der Waals surface area (Å²) in [7, 11) is 0. The number of hydrogen-bond acceptors (Lipinski definition) is 4. The summed E-state index contributed by atoms with van der Waals surface area (Å²) in [4.78, 5) is 55.3. The molecule has 4 rings (SSSR count). The van der Waals surface area contributed by atoms with Gasteiger partial charge in [0.15, 0.2) is 6.17 Å². The molecule has 1 aliphatic carbocycles. The van der Waals surface area contributed by atoms with Gasteiger partial charge in [0, 0.05) is 30.6 Å². The van der Waals surface area contributed by atoms with Crippen molar-refractivity contribution in [1.82, 2.24) is 15.1 Å². The zero-order valence-electron chi connectivity index (χ0n) is 21.9. The van der Waals surface area contributed by atoms with Gasteiger partial charge in [-0.3, -0.25) is 19.2 Å². The highest BCUT2D eigenvalue weighted by atomic mass is 19.1. The zero-order chi connectivity index (χ0) is 28.1. The third kappa shape index (κ3) is 6.79. The van der Waals surface area contributed by atoms with Gasteiger partial charge in [-0.15, -0.1) is 0 Å². The molecule has 2 atom stereocenters. The topological polar surface area (TPSA) is 107 Å². The standard InChI is InChI=1S/C29H33F2N3O5/c1-18-7-5-10-20(13-18)24(17-25(35)36)32-26(37)27-33(28(38)19-8-3-2-4-9-19)11-6-12-34(27)29(39)21-14-22(30)16-23(31)15-21/h5,7,10,13-16,19,24,27H,2-4,6,8-9,11-12,17H2,1H3,(H,32,37)(H,35,36). The second-order valence-corrected chi connectivity index (χ2v) is 10.3. The van der Waals surface area contributed by atoms with Crippen LogP contribution in [-0.2, 0) is 14.4 Å². The number of aryl methyl sites for hydroxylation is 1. The number of carbonyl (C=O) groups excluding carboxylic acids is 3. The van der Waals surface area contributed by atoms with E-state index < -0.39 is 48.0 Å². The van der Waals surface area contributed by atoms with Crippen molar-refractivity contribution in [3.63, 3.8) is 0 Å². The molecule has 1 saturated heterocycles. The van der Waals surface area contributed by atoms with E-state index in [4.69, 9.17) is 0 Å². The summed E-state index contributed by atoms with van der Waals surface area (Å²) in [6.07, 6.45) is 2.73. The SMILES string of the molecule is Cc1cccc(C(CC(=O)O)NC(=O)C2N(C(=O)c3cc(F)cc(F)c3)CCCN2C(=O)C2CCCCC2)c1. The summed E-state index contributed by atoms with van der Waals surface area (Å²) in [5.74, 6) is -5.06. The lowest BCUT2D eigenvalue weighted by Crippen LogP contribution is -2.64. The van der Waals surface area contributed by atoms with Gasteiger partial charge < -0.3 is 20.2 Å². The molecule has 0 radical (unpaired) electrons. The molecule has 39 heavy (non-hydrogen) atoms. The van der Waals surface area contributed by atoms with Gasteiger partial charge in [-0.2, -0.15) is 0 Å². The molecule has 208 valence electrons. The van der Waals surface area contributed by atoms with E-state index in [1.54, 1.807) is 18.2 Å². The highest BCUT2D eigenvalue weighted by molar-refractivity contribution is 5.99. The Morgan fingerprint density at radius 1 is 0.949 bits per heavy atom. The van der Waals surface area contributed by atoms with Crippen molar-refractivity contribution in [3.8, 4) is 0 Å². The van der Waals surface area contributed by atoms with Crippen LogP contribution in [0, 0.1) is 24.5 Å². The Bertz CT molecular complexity index is 1230. The number of halogens is 2. The van der Waals surface area contributed by atoms with Gasteiger partial charge in [0.05, 0.1) is 12.5 Å². The fourth-order valence-corrected chi connectivity index (χ4v) is 5.54. The second kappa shape index (κ2) is 12.4. The number of benzene rings is 2. The molecule has 1 heterocycles. The summed E-state index contributed by atoms with van der Waals surface area (Å²) in [5.41, 5.74) is 1.16. The fraction of sp³-hybridized carbons (Fsp3) is 0.448. The van der Waals surface area contributed by atoms with Gasteiger partial charge in [-0.25, -0.2) is 8.78 Å². The molecule has 2 fully saturated rings. The number of nitrogens with zero attached hydrogens (tertiary/aromatic N) is 2. The minimum Gasteiger partial charge on any atom is -0.481 e. The maximum absolute atomic E-state index is 14.0. The van der Waals surface area contributed by atoms with E-state index in [2.05, 4.69) is 5.32 Å². The number of nitrogens with one attached hydrogen (secondary N) is 1. The van der Waals surface area contributed by atoms with Crippen LogP contribution >= 0.6 is 0 Å². The number of rotatable bonds is 7. The van der Waals surface area contributed by atoms with Crippen LogP contribution in [0.3, 0.4) is 0 Å². The van der Waals surface area contributed by atoms with Crippen molar-refractivity contribution in [2.45, 2.75) is 64.1 Å². The van der Waals surface area contributed by atoms with Gasteiger partial charge in [0.25, 0.3) is 11.8 Å². The van der Waals surface area contributed by atoms with Crippen LogP contribution in [0.15, 0.2) is 42.5 Å². The van der Waals surface area contributed by atoms with Crippen LogP contribution in [0.4, 0.5) is 8.78 Å². The van der Waals surface area contributed by atoms with E-state index in [9.17, 15) is 33.1 Å². The van der Waals surface area contributed by atoms with Gasteiger partial charge in [0.2, 0.25) is 5.91 Å². The molecular weight excluding hydrogens is 508 g/mol. The molecular formula is C29H33F2N3O5. The predicted molar refractivity (Wildman–Crippen MR) is 138 cm³/mol. The number of hydrogen-bond donors (Lipinski definition) is 2. The Hall–Kier alpha value is -3.82. The lowest BCUT2D eigenvalue weighted by molar-refractivity contribution is -0.153. The molecule has 0 spiro atoms. The van der Waals surface area contributed by atoms with E-state index in [0.717, 1.165) is 41.9 Å². The summed E-state index contributed by atoms with van der Waals surface area (Å²) >= 11 is 0. The smallest absolute Gasteiger partial charge is 0.305 e. The van der Waals surface area contributed by atoms with Crippen molar-refractivity contribution in [3.05, 3.63) is 70.8 Å². The molecule has 2 unspecified atom stereocenters. The third-order valence-corrected chi connectivity index (χ3v) is 7.37. The minimum absolute atomic E-state index is 0.0809. The maximum Gasteiger partial charge on any atom is 0.305 e. The average Bonchev–Trinajstić information content (AvgIpc) is 2.91. The monoisotopic (exact) mass is 541 g/mol. The van der Waals surface area contributed by atoms with Crippen molar-refractivity contribution in [2.24, 2.45) is 5.92 Å². The Labute approximate surface area is 226 Å². The van der Waals surface area contributed by atoms with Crippen LogP contribution in [0.1, 0.15) is 72.5 Å². The Kier molecular flexibility index (Phi) is 8.93. The highest BCUT2D eigenvalue weighted by Gasteiger charge is 2.43. The van der Waals surface area contributed by atoms with E-state index in [1.165, 1.54) is 4.90 Å². The molecule has 1 saturated carbocycles. The molecule has 2 N–H and O–H groups in total. The molecule has 0 bridgehead atoms.